The van der Waals surface area contributed by atoms with E-state index in [1.807, 2.05) is 0 Å². The highest BCUT2D eigenvalue weighted by Crippen LogP contribution is 2.29. The van der Waals surface area contributed by atoms with Gasteiger partial charge in [0, 0.05) is 30.6 Å². The molecular formula is C22H19F2N3O4. The Hall–Kier alpha value is -3.62. The van der Waals surface area contributed by atoms with Crippen molar-refractivity contribution in [3.63, 3.8) is 0 Å². The first-order valence-electron chi connectivity index (χ1n) is 10.6. The van der Waals surface area contributed by atoms with Crippen LogP contribution in [0, 0.1) is 0 Å². The van der Waals surface area contributed by atoms with Crippen LogP contribution in [0.2, 0.25) is 0 Å². The standard InChI is InChI=1S/C22H19F2N3O4/c23-22(24,15-4-2-1-3-5-15)21(31)25-11-13-6-7-16-14(10-13)12-27(20(16)30)17-8-9-18(28)26-19(17)29/h1-7,10,17H,8-9,11-12H2,(H,25,31)(H,26,28,29)/i1D,2D. The van der Waals surface area contributed by atoms with Crippen LogP contribution in [0.1, 0.15) is 42.6 Å². The van der Waals surface area contributed by atoms with Crippen LogP contribution in [-0.2, 0) is 33.4 Å². The van der Waals surface area contributed by atoms with E-state index < -0.39 is 35.4 Å². The maximum Gasteiger partial charge on any atom is 0.349 e. The van der Waals surface area contributed by atoms with Crippen molar-refractivity contribution in [2.45, 2.75) is 37.9 Å². The molecule has 1 saturated heterocycles. The summed E-state index contributed by atoms with van der Waals surface area (Å²) in [7, 11) is 0. The molecule has 2 heterocycles. The number of alkyl halides is 2. The topological polar surface area (TPSA) is 95.6 Å². The van der Waals surface area contributed by atoms with Gasteiger partial charge in [0.15, 0.2) is 0 Å². The van der Waals surface area contributed by atoms with Gasteiger partial charge in [-0.05, 0) is 23.6 Å². The fourth-order valence-electron chi connectivity index (χ4n) is 3.70. The van der Waals surface area contributed by atoms with E-state index in [0.717, 1.165) is 18.2 Å². The van der Waals surface area contributed by atoms with E-state index in [1.165, 1.54) is 17.0 Å². The van der Waals surface area contributed by atoms with Crippen LogP contribution in [0.4, 0.5) is 8.78 Å². The van der Waals surface area contributed by atoms with Crippen molar-refractivity contribution >= 4 is 23.6 Å². The molecule has 31 heavy (non-hydrogen) atoms. The Morgan fingerprint density at radius 2 is 2.03 bits per heavy atom. The number of hydrogen-bond donors (Lipinski definition) is 2. The second kappa shape index (κ2) is 7.90. The molecule has 0 aromatic heterocycles. The average Bonchev–Trinajstić information content (AvgIpc) is 3.09. The van der Waals surface area contributed by atoms with Crippen LogP contribution in [0.3, 0.4) is 0 Å². The largest absolute Gasteiger partial charge is 0.349 e. The van der Waals surface area contributed by atoms with Gasteiger partial charge < -0.3 is 10.2 Å². The predicted octanol–water partition coefficient (Wildman–Crippen LogP) is 1.86. The third-order valence-electron chi connectivity index (χ3n) is 5.35. The smallest absolute Gasteiger partial charge is 0.346 e. The monoisotopic (exact) mass is 429 g/mol. The number of nitrogens with one attached hydrogen (secondary N) is 2. The highest BCUT2D eigenvalue weighted by atomic mass is 19.3. The predicted molar refractivity (Wildman–Crippen MR) is 105 cm³/mol. The molecule has 0 radical (unpaired) electrons. The fourth-order valence-corrected chi connectivity index (χ4v) is 3.70. The maximum atomic E-state index is 14.5. The summed E-state index contributed by atoms with van der Waals surface area (Å²) in [5.74, 6) is -6.72. The quantitative estimate of drug-likeness (QED) is 0.710. The van der Waals surface area contributed by atoms with Gasteiger partial charge in [-0.2, -0.15) is 8.78 Å². The van der Waals surface area contributed by atoms with E-state index in [9.17, 15) is 28.0 Å². The van der Waals surface area contributed by atoms with Crippen LogP contribution in [0.5, 0.6) is 0 Å². The number of benzene rings is 2. The van der Waals surface area contributed by atoms with Gasteiger partial charge in [-0.3, -0.25) is 24.5 Å². The van der Waals surface area contributed by atoms with Crippen molar-refractivity contribution < 1.29 is 30.7 Å². The summed E-state index contributed by atoms with van der Waals surface area (Å²) in [4.78, 5) is 49.7. The van der Waals surface area contributed by atoms with E-state index in [-0.39, 0.29) is 43.8 Å². The zero-order valence-electron chi connectivity index (χ0n) is 18.2. The second-order valence-corrected chi connectivity index (χ2v) is 7.37. The van der Waals surface area contributed by atoms with E-state index in [2.05, 4.69) is 10.6 Å². The van der Waals surface area contributed by atoms with Gasteiger partial charge in [0.1, 0.15) is 6.04 Å². The first kappa shape index (κ1) is 18.2. The molecule has 1 fully saturated rings. The molecule has 2 aliphatic heterocycles. The van der Waals surface area contributed by atoms with Gasteiger partial charge >= 0.3 is 5.92 Å². The molecule has 4 amide bonds. The Bertz CT molecular complexity index is 1190. The Kier molecular flexibility index (Phi) is 4.63. The van der Waals surface area contributed by atoms with Crippen LogP contribution in [0.15, 0.2) is 48.5 Å². The minimum absolute atomic E-state index is 0.129. The molecule has 7 nitrogen and oxygen atoms in total. The molecular weight excluding hydrogens is 408 g/mol. The molecule has 9 heteroatoms. The second-order valence-electron chi connectivity index (χ2n) is 7.37. The van der Waals surface area contributed by atoms with E-state index >= 15 is 0 Å². The molecule has 2 N–H and O–H groups in total. The lowest BCUT2D eigenvalue weighted by molar-refractivity contribution is -0.147. The van der Waals surface area contributed by atoms with Crippen LogP contribution >= 0.6 is 0 Å². The van der Waals surface area contributed by atoms with Gasteiger partial charge in [-0.15, -0.1) is 0 Å². The minimum Gasteiger partial charge on any atom is -0.346 e. The third-order valence-corrected chi connectivity index (χ3v) is 5.35. The number of nitrogens with zero attached hydrogens (tertiary/aromatic N) is 1. The number of rotatable bonds is 5. The Balaban J connectivity index is 1.44. The van der Waals surface area contributed by atoms with Crippen LogP contribution < -0.4 is 10.6 Å². The zero-order valence-corrected chi connectivity index (χ0v) is 16.2. The number of carbonyl (C=O) groups is 4. The van der Waals surface area contributed by atoms with E-state index in [0.29, 0.717) is 16.7 Å². The molecule has 0 saturated carbocycles. The number of fused-ring (bicyclic) bond motifs is 1. The minimum atomic E-state index is -3.89. The summed E-state index contributed by atoms with van der Waals surface area (Å²) in [5.41, 5.74) is 0.769. The average molecular weight is 429 g/mol. The summed E-state index contributed by atoms with van der Waals surface area (Å²) in [6.07, 6.45) is 0.359. The third kappa shape index (κ3) is 3.90. The van der Waals surface area contributed by atoms with Gasteiger partial charge in [0.2, 0.25) is 11.8 Å². The van der Waals surface area contributed by atoms with Crippen molar-refractivity contribution in [3.8, 4) is 0 Å². The highest BCUT2D eigenvalue weighted by Gasteiger charge is 2.41. The van der Waals surface area contributed by atoms with E-state index in [4.69, 9.17) is 2.74 Å². The van der Waals surface area contributed by atoms with Crippen molar-refractivity contribution in [3.05, 3.63) is 70.7 Å². The zero-order chi connectivity index (χ0) is 23.9. The lowest BCUT2D eigenvalue weighted by Crippen LogP contribution is -2.52. The summed E-state index contributed by atoms with van der Waals surface area (Å²) >= 11 is 0. The number of amides is 4. The normalized spacial score (nSPS) is 19.5. The summed E-state index contributed by atoms with van der Waals surface area (Å²) in [5, 5.41) is 4.38. The number of hydrogen-bond acceptors (Lipinski definition) is 4. The first-order valence-corrected chi connectivity index (χ1v) is 9.58. The van der Waals surface area contributed by atoms with Crippen molar-refractivity contribution in [2.24, 2.45) is 0 Å². The molecule has 0 bridgehead atoms. The van der Waals surface area contributed by atoms with Gasteiger partial charge in [0.25, 0.3) is 11.8 Å². The summed E-state index contributed by atoms with van der Waals surface area (Å²) in [6, 6.07) is 6.00. The molecule has 1 unspecified atom stereocenters. The molecule has 4 rings (SSSR count). The SMILES string of the molecule is [2H]c1ccc(C(F)(F)C(=O)NCc2ccc3c(c2)CN(C2CCC(=O)NC2=O)C3=O)cc1[2H]. The van der Waals surface area contributed by atoms with E-state index in [1.54, 1.807) is 6.07 Å². The maximum absolute atomic E-state index is 14.5. The van der Waals surface area contributed by atoms with Crippen molar-refractivity contribution in [1.82, 2.24) is 15.5 Å². The van der Waals surface area contributed by atoms with Crippen molar-refractivity contribution in [2.75, 3.05) is 0 Å². The number of carbonyl (C=O) groups excluding carboxylic acids is 4. The van der Waals surface area contributed by atoms with Gasteiger partial charge in [-0.25, -0.2) is 0 Å². The van der Waals surface area contributed by atoms with Gasteiger partial charge in [-0.1, -0.05) is 42.4 Å². The lowest BCUT2D eigenvalue weighted by atomic mass is 10.0. The molecule has 2 aliphatic rings. The van der Waals surface area contributed by atoms with Crippen molar-refractivity contribution in [1.29, 1.82) is 0 Å². The molecule has 160 valence electrons. The lowest BCUT2D eigenvalue weighted by Gasteiger charge is -2.29. The molecule has 2 aromatic carbocycles. The number of halogens is 2. The highest BCUT2D eigenvalue weighted by molar-refractivity contribution is 6.05. The number of piperidine rings is 1. The summed E-state index contributed by atoms with van der Waals surface area (Å²) in [6.45, 7) is -0.0945. The van der Waals surface area contributed by atoms with Crippen LogP contribution in [-0.4, -0.2) is 34.6 Å². The van der Waals surface area contributed by atoms with Gasteiger partial charge in [0.05, 0.1) is 2.74 Å². The fraction of sp³-hybridized carbons (Fsp3) is 0.273. The van der Waals surface area contributed by atoms with Crippen LogP contribution in [0.25, 0.3) is 0 Å². The Labute approximate surface area is 179 Å². The first-order chi connectivity index (χ1) is 15.6. The Morgan fingerprint density at radius 1 is 1.23 bits per heavy atom. The molecule has 1 atom stereocenters. The number of imide groups is 1. The molecule has 2 aromatic rings. The molecule has 0 spiro atoms. The molecule has 0 aliphatic carbocycles. The Morgan fingerprint density at radius 3 is 2.77 bits per heavy atom. The summed E-state index contributed by atoms with van der Waals surface area (Å²) < 4.78 is 43.9.